The van der Waals surface area contributed by atoms with Crippen LogP contribution in [0.25, 0.3) is 5.69 Å². The van der Waals surface area contributed by atoms with Gasteiger partial charge in [-0.05, 0) is 99.2 Å². The van der Waals surface area contributed by atoms with E-state index in [-0.39, 0.29) is 35.2 Å². The fourth-order valence-corrected chi connectivity index (χ4v) is 6.47. The van der Waals surface area contributed by atoms with Crippen LogP contribution < -0.4 is 16.0 Å². The van der Waals surface area contributed by atoms with Crippen molar-refractivity contribution in [3.05, 3.63) is 95.4 Å². The fourth-order valence-electron chi connectivity index (χ4n) is 6.47. The summed E-state index contributed by atoms with van der Waals surface area (Å²) < 4.78 is 7.52. The van der Waals surface area contributed by atoms with Gasteiger partial charge in [-0.15, -0.1) is 0 Å². The number of hydrogen-bond acceptors (Lipinski definition) is 5. The molecule has 44 heavy (non-hydrogen) atoms. The molecule has 1 fully saturated rings. The quantitative estimate of drug-likeness (QED) is 0.274. The largest absolute Gasteiger partial charge is 0.494 e. The minimum Gasteiger partial charge on any atom is -0.494 e. The van der Waals surface area contributed by atoms with Gasteiger partial charge in [0.15, 0.2) is 5.78 Å². The lowest BCUT2D eigenvalue weighted by Crippen LogP contribution is -2.35. The van der Waals surface area contributed by atoms with Crippen LogP contribution in [0.15, 0.2) is 78.6 Å². The van der Waals surface area contributed by atoms with Crippen LogP contribution >= 0.6 is 0 Å². The molecule has 3 atom stereocenters. The molecular formula is C36H43N5O3. The first-order valence-electron chi connectivity index (χ1n) is 15.8. The monoisotopic (exact) mass is 593 g/mol. The van der Waals surface area contributed by atoms with Crippen LogP contribution in [0.4, 0.5) is 16.3 Å². The van der Waals surface area contributed by atoms with Crippen LogP contribution in [-0.4, -0.2) is 40.8 Å². The lowest BCUT2D eigenvalue weighted by molar-refractivity contribution is -0.118. The molecule has 8 heteroatoms. The van der Waals surface area contributed by atoms with E-state index in [9.17, 15) is 9.59 Å². The Morgan fingerprint density at radius 3 is 2.43 bits per heavy atom. The van der Waals surface area contributed by atoms with Crippen LogP contribution in [-0.2, 0) is 14.9 Å². The average Bonchev–Trinajstić information content (AvgIpc) is 3.66. The average molecular weight is 594 g/mol. The molecule has 3 N–H and O–H groups in total. The maximum atomic E-state index is 14.0. The second-order valence-corrected chi connectivity index (χ2v) is 13.4. The minimum absolute atomic E-state index is 0.0248. The highest BCUT2D eigenvalue weighted by Gasteiger charge is 2.36. The molecule has 1 aliphatic carbocycles. The van der Waals surface area contributed by atoms with Crippen molar-refractivity contribution < 1.29 is 14.3 Å². The van der Waals surface area contributed by atoms with Crippen molar-refractivity contribution >= 4 is 23.3 Å². The molecule has 0 bridgehead atoms. The van der Waals surface area contributed by atoms with Gasteiger partial charge < -0.3 is 15.4 Å². The topological polar surface area (TPSA) is 97.3 Å². The zero-order valence-electron chi connectivity index (χ0n) is 26.1. The standard InChI is InChI=1S/C36H43N5O3/c1-23-5-13-29(14-6-23)41-32(22-31(40-41)36(2,3)4)39-35(43)38-28-11-9-25(10-12-28)33(26-15-18-37-19-16-26)34(42)27-8-7-24-17-20-44-30(24)21-27/h5-6,9-14,17,20-22,24,26,30,33,37H,7-8,15-16,18-19H2,1-4H3,(H2,38,39,43). The molecular weight excluding hydrogens is 550 g/mol. The Hall–Kier alpha value is -4.17. The molecule has 0 saturated carbocycles. The van der Waals surface area contributed by atoms with Crippen LogP contribution in [0, 0.1) is 18.8 Å². The lowest BCUT2D eigenvalue weighted by atomic mass is 9.74. The van der Waals surface area contributed by atoms with Crippen LogP contribution in [0.5, 0.6) is 0 Å². The Morgan fingerprint density at radius 1 is 1.00 bits per heavy atom. The number of piperidine rings is 1. The van der Waals surface area contributed by atoms with Crippen molar-refractivity contribution in [1.82, 2.24) is 15.1 Å². The first-order valence-corrected chi connectivity index (χ1v) is 15.8. The molecule has 8 nitrogen and oxygen atoms in total. The lowest BCUT2D eigenvalue weighted by Gasteiger charge is -2.32. The summed E-state index contributed by atoms with van der Waals surface area (Å²) in [5.74, 6) is 1.23. The number of nitrogens with one attached hydrogen (secondary N) is 3. The molecule has 6 rings (SSSR count). The number of hydrogen-bond donors (Lipinski definition) is 3. The Labute approximate surface area is 260 Å². The van der Waals surface area contributed by atoms with Crippen molar-refractivity contribution in [3.63, 3.8) is 0 Å². The van der Waals surface area contributed by atoms with Gasteiger partial charge in [0.1, 0.15) is 11.9 Å². The van der Waals surface area contributed by atoms with E-state index in [0.717, 1.165) is 66.9 Å². The minimum atomic E-state index is -0.357. The molecule has 2 aromatic carbocycles. The summed E-state index contributed by atoms with van der Waals surface area (Å²) in [4.78, 5) is 27.2. The molecule has 3 heterocycles. The predicted octanol–water partition coefficient (Wildman–Crippen LogP) is 7.02. The summed E-state index contributed by atoms with van der Waals surface area (Å²) in [6.07, 6.45) is 9.55. The van der Waals surface area contributed by atoms with Gasteiger partial charge in [-0.2, -0.15) is 5.10 Å². The first kappa shape index (κ1) is 29.9. The van der Waals surface area contributed by atoms with E-state index in [4.69, 9.17) is 9.84 Å². The number of allylic oxidation sites excluding steroid dienone is 1. The van der Waals surface area contributed by atoms with E-state index < -0.39 is 0 Å². The number of anilines is 2. The molecule has 3 aromatic rings. The van der Waals surface area contributed by atoms with Gasteiger partial charge in [0.25, 0.3) is 0 Å². The predicted molar refractivity (Wildman–Crippen MR) is 174 cm³/mol. The third kappa shape index (κ3) is 6.50. The number of nitrogens with zero attached hydrogens (tertiary/aromatic N) is 2. The number of amides is 2. The zero-order chi connectivity index (χ0) is 30.8. The number of urea groups is 1. The Balaban J connectivity index is 1.19. The third-order valence-electron chi connectivity index (χ3n) is 9.08. The van der Waals surface area contributed by atoms with Crippen molar-refractivity contribution in [3.8, 4) is 5.69 Å². The number of fused-ring (bicyclic) bond motifs is 1. The summed E-state index contributed by atoms with van der Waals surface area (Å²) in [6.45, 7) is 10.2. The zero-order valence-corrected chi connectivity index (χ0v) is 26.1. The number of rotatable bonds is 7. The van der Waals surface area contributed by atoms with E-state index in [0.29, 0.717) is 17.4 Å². The highest BCUT2D eigenvalue weighted by Crippen LogP contribution is 2.39. The second kappa shape index (κ2) is 12.4. The summed E-state index contributed by atoms with van der Waals surface area (Å²) in [5, 5.41) is 14.2. The number of aryl methyl sites for hydroxylation is 1. The van der Waals surface area contributed by atoms with Crippen molar-refractivity contribution in [2.75, 3.05) is 23.7 Å². The molecule has 230 valence electrons. The van der Waals surface area contributed by atoms with Gasteiger partial charge in [-0.1, -0.05) is 50.6 Å². The summed E-state index contributed by atoms with van der Waals surface area (Å²) in [5.41, 5.74) is 5.27. The highest BCUT2D eigenvalue weighted by molar-refractivity contribution is 6.01. The van der Waals surface area contributed by atoms with Crippen LogP contribution in [0.3, 0.4) is 0 Å². The SMILES string of the molecule is Cc1ccc(-n2nc(C(C)(C)C)cc2NC(=O)Nc2ccc(C(C(=O)C3=CC4OC=CC4CC3)C3CCNCC3)cc2)cc1. The van der Waals surface area contributed by atoms with Crippen molar-refractivity contribution in [2.45, 2.75) is 70.8 Å². The highest BCUT2D eigenvalue weighted by atomic mass is 16.5. The number of ketones is 1. The number of carbonyl (C=O) groups excluding carboxylic acids is 2. The Bertz CT molecular complexity index is 1560. The second-order valence-electron chi connectivity index (χ2n) is 13.4. The van der Waals surface area contributed by atoms with Gasteiger partial charge in [-0.3, -0.25) is 10.1 Å². The van der Waals surface area contributed by atoms with Crippen molar-refractivity contribution in [1.29, 1.82) is 0 Å². The number of carbonyl (C=O) groups is 2. The van der Waals surface area contributed by atoms with Crippen LogP contribution in [0.2, 0.25) is 0 Å². The van der Waals surface area contributed by atoms with Gasteiger partial charge in [0.05, 0.1) is 17.6 Å². The molecule has 2 amide bonds. The molecule has 1 saturated heterocycles. The first-order chi connectivity index (χ1) is 21.2. The molecule has 3 unspecified atom stereocenters. The summed E-state index contributed by atoms with van der Waals surface area (Å²) in [7, 11) is 0. The summed E-state index contributed by atoms with van der Waals surface area (Å²) >= 11 is 0. The van der Waals surface area contributed by atoms with E-state index >= 15 is 0 Å². The van der Waals surface area contributed by atoms with Gasteiger partial charge >= 0.3 is 6.03 Å². The Morgan fingerprint density at radius 2 is 1.73 bits per heavy atom. The fraction of sp³-hybridized carbons (Fsp3) is 0.417. The molecule has 0 spiro atoms. The van der Waals surface area contributed by atoms with E-state index in [1.807, 2.05) is 61.5 Å². The molecule has 3 aliphatic rings. The molecule has 2 aliphatic heterocycles. The number of benzene rings is 2. The molecule has 1 aromatic heterocycles. The van der Waals surface area contributed by atoms with E-state index in [1.54, 1.807) is 10.9 Å². The van der Waals surface area contributed by atoms with Crippen molar-refractivity contribution in [2.24, 2.45) is 11.8 Å². The smallest absolute Gasteiger partial charge is 0.324 e. The maximum absolute atomic E-state index is 14.0. The Kier molecular flexibility index (Phi) is 8.45. The van der Waals surface area contributed by atoms with E-state index in [1.165, 1.54) is 0 Å². The molecule has 0 radical (unpaired) electrons. The van der Waals surface area contributed by atoms with Gasteiger partial charge in [-0.25, -0.2) is 9.48 Å². The normalized spacial score (nSPS) is 20.8. The third-order valence-corrected chi connectivity index (χ3v) is 9.08. The maximum Gasteiger partial charge on any atom is 0.324 e. The van der Waals surface area contributed by atoms with Gasteiger partial charge in [0, 0.05) is 29.0 Å². The number of aromatic nitrogens is 2. The number of ether oxygens (including phenoxy) is 1. The number of Topliss-reactive ketones (excluding diaryl/α,β-unsaturated/α-hetero) is 1. The van der Waals surface area contributed by atoms with Crippen LogP contribution in [0.1, 0.15) is 69.2 Å². The van der Waals surface area contributed by atoms with Gasteiger partial charge in [0.2, 0.25) is 0 Å². The summed E-state index contributed by atoms with van der Waals surface area (Å²) in [6, 6.07) is 17.4. The van der Waals surface area contributed by atoms with E-state index in [2.05, 4.69) is 48.9 Å².